The third-order valence-corrected chi connectivity index (χ3v) is 4.39. The average Bonchev–Trinajstić information content (AvgIpc) is 2.88. The van der Waals surface area contributed by atoms with Crippen molar-refractivity contribution in [1.82, 2.24) is 4.98 Å². The molecule has 0 aliphatic carbocycles. The second kappa shape index (κ2) is 5.54. The maximum Gasteiger partial charge on any atom is 0.338 e. The summed E-state index contributed by atoms with van der Waals surface area (Å²) in [7, 11) is 0. The molecule has 2 heterocycles. The quantitative estimate of drug-likeness (QED) is 0.876. The number of aromatic carboxylic acids is 1. The smallest absolute Gasteiger partial charge is 0.338 e. The fourth-order valence-corrected chi connectivity index (χ4v) is 3.30. The highest BCUT2D eigenvalue weighted by Crippen LogP contribution is 2.37. The van der Waals surface area contributed by atoms with Gasteiger partial charge in [-0.1, -0.05) is 18.2 Å². The number of hydrogen-bond acceptors (Lipinski definition) is 4. The van der Waals surface area contributed by atoms with E-state index in [0.29, 0.717) is 11.6 Å². The number of carboxylic acid groups (broad SMARTS) is 1. The molecule has 0 fully saturated rings. The Kier molecular flexibility index (Phi) is 3.60. The van der Waals surface area contributed by atoms with Crippen molar-refractivity contribution < 1.29 is 14.6 Å². The van der Waals surface area contributed by atoms with Gasteiger partial charge in [0.1, 0.15) is 10.8 Å². The normalized spacial score (nSPS) is 16.5. The van der Waals surface area contributed by atoms with Crippen molar-refractivity contribution in [3.63, 3.8) is 0 Å². The van der Waals surface area contributed by atoms with Crippen LogP contribution in [0.3, 0.4) is 0 Å². The number of aromatic nitrogens is 1. The molecule has 1 aliphatic heterocycles. The summed E-state index contributed by atoms with van der Waals surface area (Å²) in [5, 5.41) is 9.70. The molecule has 5 heteroatoms. The van der Waals surface area contributed by atoms with E-state index in [1.807, 2.05) is 18.2 Å². The SMILES string of the molecule is O=C(O)c1cccnc1SCC1COc2ccccc21. The van der Waals surface area contributed by atoms with Crippen LogP contribution in [0.5, 0.6) is 5.75 Å². The molecule has 1 aliphatic rings. The Morgan fingerprint density at radius 1 is 1.35 bits per heavy atom. The lowest BCUT2D eigenvalue weighted by molar-refractivity contribution is 0.0692. The first kappa shape index (κ1) is 13.0. The van der Waals surface area contributed by atoms with Crippen molar-refractivity contribution in [2.24, 2.45) is 0 Å². The number of para-hydroxylation sites is 1. The van der Waals surface area contributed by atoms with Gasteiger partial charge in [0.2, 0.25) is 0 Å². The number of carbonyl (C=O) groups is 1. The van der Waals surface area contributed by atoms with Crippen molar-refractivity contribution in [2.45, 2.75) is 10.9 Å². The highest BCUT2D eigenvalue weighted by atomic mass is 32.2. The molecule has 0 radical (unpaired) electrons. The summed E-state index contributed by atoms with van der Waals surface area (Å²) >= 11 is 1.46. The van der Waals surface area contributed by atoms with Crippen LogP contribution < -0.4 is 4.74 Å². The fourth-order valence-electron chi connectivity index (χ4n) is 2.22. The number of rotatable bonds is 4. The molecule has 1 atom stereocenters. The van der Waals surface area contributed by atoms with E-state index in [9.17, 15) is 4.79 Å². The Morgan fingerprint density at radius 3 is 3.05 bits per heavy atom. The minimum atomic E-state index is -0.941. The summed E-state index contributed by atoms with van der Waals surface area (Å²) in [5.74, 6) is 1.02. The van der Waals surface area contributed by atoms with Crippen LogP contribution >= 0.6 is 11.8 Å². The molecule has 3 rings (SSSR count). The van der Waals surface area contributed by atoms with Crippen LogP contribution in [0.15, 0.2) is 47.6 Å². The molecule has 2 aromatic rings. The van der Waals surface area contributed by atoms with E-state index in [1.165, 1.54) is 17.3 Å². The van der Waals surface area contributed by atoms with Crippen LogP contribution in [0.4, 0.5) is 0 Å². The maximum absolute atomic E-state index is 11.1. The van der Waals surface area contributed by atoms with E-state index < -0.39 is 5.97 Å². The van der Waals surface area contributed by atoms with E-state index in [-0.39, 0.29) is 11.5 Å². The molecule has 0 spiro atoms. The maximum atomic E-state index is 11.1. The van der Waals surface area contributed by atoms with Crippen LogP contribution in [0, 0.1) is 0 Å². The van der Waals surface area contributed by atoms with Crippen molar-refractivity contribution in [2.75, 3.05) is 12.4 Å². The number of ether oxygens (including phenoxy) is 1. The van der Waals surface area contributed by atoms with Gasteiger partial charge in [0.15, 0.2) is 0 Å². The second-order valence-corrected chi connectivity index (χ2v) is 5.53. The van der Waals surface area contributed by atoms with Crippen LogP contribution in [-0.4, -0.2) is 28.4 Å². The Labute approximate surface area is 120 Å². The minimum absolute atomic E-state index is 0.254. The zero-order valence-electron chi connectivity index (χ0n) is 10.7. The molecular weight excluding hydrogens is 274 g/mol. The largest absolute Gasteiger partial charge is 0.493 e. The number of benzene rings is 1. The topological polar surface area (TPSA) is 59.4 Å². The predicted molar refractivity (Wildman–Crippen MR) is 76.6 cm³/mol. The number of carboxylic acids is 1. The van der Waals surface area contributed by atoms with E-state index in [2.05, 4.69) is 11.1 Å². The number of pyridine rings is 1. The first-order chi connectivity index (χ1) is 9.75. The Hall–Kier alpha value is -2.01. The molecule has 1 aromatic heterocycles. The zero-order chi connectivity index (χ0) is 13.9. The Balaban J connectivity index is 1.74. The zero-order valence-corrected chi connectivity index (χ0v) is 11.5. The molecular formula is C15H13NO3S. The minimum Gasteiger partial charge on any atom is -0.493 e. The molecule has 20 heavy (non-hydrogen) atoms. The van der Waals surface area contributed by atoms with Crippen molar-refractivity contribution in [1.29, 1.82) is 0 Å². The lowest BCUT2D eigenvalue weighted by atomic mass is 10.0. The average molecular weight is 287 g/mol. The van der Waals surface area contributed by atoms with Gasteiger partial charge >= 0.3 is 5.97 Å². The number of thioether (sulfide) groups is 1. The summed E-state index contributed by atoms with van der Waals surface area (Å²) in [6, 6.07) is 11.2. The summed E-state index contributed by atoms with van der Waals surface area (Å²) in [6.45, 7) is 0.640. The van der Waals surface area contributed by atoms with Gasteiger partial charge in [-0.25, -0.2) is 9.78 Å². The van der Waals surface area contributed by atoms with Crippen LogP contribution in [0.1, 0.15) is 21.8 Å². The molecule has 4 nitrogen and oxygen atoms in total. The number of nitrogens with zero attached hydrogens (tertiary/aromatic N) is 1. The van der Waals surface area contributed by atoms with E-state index in [4.69, 9.17) is 9.84 Å². The Morgan fingerprint density at radius 2 is 2.20 bits per heavy atom. The number of hydrogen-bond donors (Lipinski definition) is 1. The summed E-state index contributed by atoms with van der Waals surface area (Å²) in [6.07, 6.45) is 1.62. The highest BCUT2D eigenvalue weighted by Gasteiger charge is 2.24. The second-order valence-electron chi connectivity index (χ2n) is 4.52. The van der Waals surface area contributed by atoms with Gasteiger partial charge in [-0.05, 0) is 18.2 Å². The molecule has 0 bridgehead atoms. The van der Waals surface area contributed by atoms with Gasteiger partial charge in [-0.3, -0.25) is 0 Å². The van der Waals surface area contributed by atoms with E-state index in [0.717, 1.165) is 11.5 Å². The van der Waals surface area contributed by atoms with Gasteiger partial charge in [-0.15, -0.1) is 11.8 Å². The van der Waals surface area contributed by atoms with Gasteiger partial charge in [0.05, 0.1) is 12.2 Å². The van der Waals surface area contributed by atoms with Gasteiger partial charge < -0.3 is 9.84 Å². The molecule has 1 aromatic carbocycles. The highest BCUT2D eigenvalue weighted by molar-refractivity contribution is 7.99. The monoisotopic (exact) mass is 287 g/mol. The standard InChI is InChI=1S/C15H13NO3S/c17-15(18)12-5-3-7-16-14(12)20-9-10-8-19-13-6-2-1-4-11(10)13/h1-7,10H,8-9H2,(H,17,18). The van der Waals surface area contributed by atoms with Gasteiger partial charge in [0.25, 0.3) is 0 Å². The summed E-state index contributed by atoms with van der Waals surface area (Å²) in [5.41, 5.74) is 1.44. The molecule has 1 N–H and O–H groups in total. The third-order valence-electron chi connectivity index (χ3n) is 3.22. The van der Waals surface area contributed by atoms with Crippen molar-refractivity contribution in [3.05, 3.63) is 53.7 Å². The van der Waals surface area contributed by atoms with Crippen LogP contribution in [0.2, 0.25) is 0 Å². The van der Waals surface area contributed by atoms with E-state index in [1.54, 1.807) is 18.3 Å². The fraction of sp³-hybridized carbons (Fsp3) is 0.200. The molecule has 0 saturated carbocycles. The van der Waals surface area contributed by atoms with Crippen molar-refractivity contribution in [3.8, 4) is 5.75 Å². The number of fused-ring (bicyclic) bond motifs is 1. The van der Waals surface area contributed by atoms with Gasteiger partial charge in [0, 0.05) is 23.4 Å². The predicted octanol–water partition coefficient (Wildman–Crippen LogP) is 3.05. The summed E-state index contributed by atoms with van der Waals surface area (Å²) in [4.78, 5) is 15.3. The van der Waals surface area contributed by atoms with Crippen LogP contribution in [0.25, 0.3) is 0 Å². The Bertz CT molecular complexity index is 645. The molecule has 1 unspecified atom stereocenters. The molecule has 102 valence electrons. The molecule has 0 saturated heterocycles. The van der Waals surface area contributed by atoms with Gasteiger partial charge in [-0.2, -0.15) is 0 Å². The third kappa shape index (κ3) is 2.49. The first-order valence-corrected chi connectivity index (χ1v) is 7.27. The summed E-state index contributed by atoms with van der Waals surface area (Å²) < 4.78 is 5.63. The molecule has 0 amide bonds. The van der Waals surface area contributed by atoms with Crippen molar-refractivity contribution >= 4 is 17.7 Å². The lowest BCUT2D eigenvalue weighted by Crippen LogP contribution is -2.06. The first-order valence-electron chi connectivity index (χ1n) is 6.28. The van der Waals surface area contributed by atoms with Crippen LogP contribution in [-0.2, 0) is 0 Å². The lowest BCUT2D eigenvalue weighted by Gasteiger charge is -2.09. The van der Waals surface area contributed by atoms with E-state index >= 15 is 0 Å².